The van der Waals surface area contributed by atoms with E-state index < -0.39 is 17.5 Å². The van der Waals surface area contributed by atoms with Crippen molar-refractivity contribution in [3.05, 3.63) is 24.3 Å². The van der Waals surface area contributed by atoms with Crippen LogP contribution < -0.4 is 15.0 Å². The molecule has 0 aliphatic carbocycles. The van der Waals surface area contributed by atoms with E-state index in [-0.39, 0.29) is 0 Å². The number of aliphatic carboxylic acids is 1. The second-order valence-electron chi connectivity index (χ2n) is 4.79. The third-order valence-corrected chi connectivity index (χ3v) is 3.71. The van der Waals surface area contributed by atoms with Crippen LogP contribution in [-0.2, 0) is 4.79 Å². The third kappa shape index (κ3) is 3.65. The lowest BCUT2D eigenvalue weighted by Gasteiger charge is -2.30. The predicted molar refractivity (Wildman–Crippen MR) is 80.9 cm³/mol. The molecule has 0 unspecified atom stereocenters. The molecule has 116 valence electrons. The lowest BCUT2D eigenvalue weighted by atomic mass is 9.93. The van der Waals surface area contributed by atoms with Gasteiger partial charge < -0.3 is 15.2 Å². The summed E-state index contributed by atoms with van der Waals surface area (Å²) in [7, 11) is 3.13. The molecule has 0 aliphatic rings. The number of carbonyl (C=O) groups excluding carboxylic acids is 1. The first kappa shape index (κ1) is 16.8. The number of anilines is 1. The number of benzene rings is 1. The van der Waals surface area contributed by atoms with E-state index in [1.54, 1.807) is 52.3 Å². The van der Waals surface area contributed by atoms with Crippen molar-refractivity contribution < 1.29 is 19.4 Å². The van der Waals surface area contributed by atoms with Gasteiger partial charge in [-0.05, 0) is 25.0 Å². The number of carboxylic acids is 1. The maximum absolute atomic E-state index is 12.3. The molecule has 6 heteroatoms. The Morgan fingerprint density at radius 2 is 1.95 bits per heavy atom. The van der Waals surface area contributed by atoms with E-state index in [9.17, 15) is 14.7 Å². The van der Waals surface area contributed by atoms with Gasteiger partial charge in [-0.3, -0.25) is 4.90 Å². The standard InChI is InChI=1S/C15H22N2O4/c1-5-15(6-2,13(18)19)16-14(20)17(3)11-8-7-9-12(10-11)21-4/h7-10H,5-6H2,1-4H3,(H,16,20)(H,18,19). The molecule has 0 fully saturated rings. The van der Waals surface area contributed by atoms with Crippen molar-refractivity contribution in [2.75, 3.05) is 19.1 Å². The van der Waals surface area contributed by atoms with Gasteiger partial charge in [-0.25, -0.2) is 9.59 Å². The van der Waals surface area contributed by atoms with Crippen LogP contribution in [0.2, 0.25) is 0 Å². The van der Waals surface area contributed by atoms with Crippen LogP contribution in [0.3, 0.4) is 0 Å². The van der Waals surface area contributed by atoms with Crippen LogP contribution in [0, 0.1) is 0 Å². The zero-order valence-corrected chi connectivity index (χ0v) is 12.8. The minimum absolute atomic E-state index is 0.316. The normalized spacial score (nSPS) is 10.9. The molecule has 0 saturated heterocycles. The number of methoxy groups -OCH3 is 1. The summed E-state index contributed by atoms with van der Waals surface area (Å²) in [5.41, 5.74) is -0.622. The van der Waals surface area contributed by atoms with E-state index in [0.29, 0.717) is 24.3 Å². The fourth-order valence-electron chi connectivity index (χ4n) is 2.01. The molecule has 21 heavy (non-hydrogen) atoms. The highest BCUT2D eigenvalue weighted by atomic mass is 16.5. The van der Waals surface area contributed by atoms with Crippen LogP contribution >= 0.6 is 0 Å². The number of nitrogens with zero attached hydrogens (tertiary/aromatic N) is 1. The van der Waals surface area contributed by atoms with E-state index in [2.05, 4.69) is 5.32 Å². The first-order chi connectivity index (χ1) is 9.90. The number of hydrogen-bond donors (Lipinski definition) is 2. The van der Waals surface area contributed by atoms with E-state index in [4.69, 9.17) is 4.74 Å². The van der Waals surface area contributed by atoms with E-state index in [0.717, 1.165) is 0 Å². The molecule has 0 saturated carbocycles. The number of nitrogens with one attached hydrogen (secondary N) is 1. The van der Waals surface area contributed by atoms with Gasteiger partial charge in [-0.15, -0.1) is 0 Å². The molecule has 0 atom stereocenters. The largest absolute Gasteiger partial charge is 0.497 e. The highest BCUT2D eigenvalue weighted by Gasteiger charge is 2.37. The lowest BCUT2D eigenvalue weighted by molar-refractivity contribution is -0.144. The summed E-state index contributed by atoms with van der Waals surface area (Å²) in [5.74, 6) is -0.400. The Bertz CT molecular complexity index is 512. The van der Waals surface area contributed by atoms with Crippen molar-refractivity contribution in [3.63, 3.8) is 0 Å². The molecule has 0 aromatic heterocycles. The van der Waals surface area contributed by atoms with Crippen molar-refractivity contribution in [2.45, 2.75) is 32.2 Å². The van der Waals surface area contributed by atoms with Crippen LogP contribution in [0.15, 0.2) is 24.3 Å². The average Bonchev–Trinajstić information content (AvgIpc) is 2.51. The van der Waals surface area contributed by atoms with E-state index >= 15 is 0 Å². The van der Waals surface area contributed by atoms with Crippen LogP contribution in [0.4, 0.5) is 10.5 Å². The van der Waals surface area contributed by atoms with Crippen molar-refractivity contribution in [1.29, 1.82) is 0 Å². The van der Waals surface area contributed by atoms with Gasteiger partial charge >= 0.3 is 12.0 Å². The zero-order chi connectivity index (χ0) is 16.0. The molecular weight excluding hydrogens is 272 g/mol. The highest BCUT2D eigenvalue weighted by Crippen LogP contribution is 2.21. The molecule has 2 N–H and O–H groups in total. The van der Waals surface area contributed by atoms with Crippen LogP contribution in [-0.4, -0.2) is 36.8 Å². The monoisotopic (exact) mass is 294 g/mol. The number of amides is 2. The maximum atomic E-state index is 12.3. The number of carboxylic acid groups (broad SMARTS) is 1. The SMILES string of the molecule is CCC(CC)(NC(=O)N(C)c1cccc(OC)c1)C(=O)O. The highest BCUT2D eigenvalue weighted by molar-refractivity contribution is 5.95. The van der Waals surface area contributed by atoms with E-state index in [1.807, 2.05) is 0 Å². The maximum Gasteiger partial charge on any atom is 0.329 e. The minimum Gasteiger partial charge on any atom is -0.497 e. The molecule has 0 radical (unpaired) electrons. The van der Waals surface area contributed by atoms with Crippen molar-refractivity contribution in [2.24, 2.45) is 0 Å². The van der Waals surface area contributed by atoms with Gasteiger partial charge in [0.25, 0.3) is 0 Å². The molecule has 0 aliphatic heterocycles. The summed E-state index contributed by atoms with van der Waals surface area (Å²) >= 11 is 0. The number of rotatable bonds is 6. The molecule has 1 rings (SSSR count). The lowest BCUT2D eigenvalue weighted by Crippen LogP contribution is -2.56. The van der Waals surface area contributed by atoms with E-state index in [1.165, 1.54) is 4.90 Å². The summed E-state index contributed by atoms with van der Waals surface area (Å²) in [6, 6.07) is 6.54. The molecule has 2 amide bonds. The van der Waals surface area contributed by atoms with Crippen LogP contribution in [0.5, 0.6) is 5.75 Å². The second-order valence-corrected chi connectivity index (χ2v) is 4.79. The summed E-state index contributed by atoms with van der Waals surface area (Å²) < 4.78 is 5.11. The average molecular weight is 294 g/mol. The smallest absolute Gasteiger partial charge is 0.329 e. The van der Waals surface area contributed by atoms with Gasteiger partial charge in [0.05, 0.1) is 7.11 Å². The fourth-order valence-corrected chi connectivity index (χ4v) is 2.01. The first-order valence-electron chi connectivity index (χ1n) is 6.83. The zero-order valence-electron chi connectivity index (χ0n) is 12.8. The molecule has 0 spiro atoms. The quantitative estimate of drug-likeness (QED) is 0.845. The minimum atomic E-state index is -1.25. The van der Waals surface area contributed by atoms with Crippen molar-refractivity contribution in [1.82, 2.24) is 5.32 Å². The molecular formula is C15H22N2O4. The number of ether oxygens (including phenoxy) is 1. The van der Waals surface area contributed by atoms with Gasteiger partial charge in [0.1, 0.15) is 11.3 Å². The van der Waals surface area contributed by atoms with Gasteiger partial charge in [0.15, 0.2) is 0 Å². The number of urea groups is 1. The van der Waals surface area contributed by atoms with Crippen LogP contribution in [0.1, 0.15) is 26.7 Å². The number of hydrogen-bond acceptors (Lipinski definition) is 3. The third-order valence-electron chi connectivity index (χ3n) is 3.71. The second kappa shape index (κ2) is 6.97. The van der Waals surface area contributed by atoms with Crippen LogP contribution in [0.25, 0.3) is 0 Å². The molecule has 0 bridgehead atoms. The summed E-state index contributed by atoms with van der Waals surface area (Å²) in [5, 5.41) is 12.0. The van der Waals surface area contributed by atoms with Gasteiger partial charge in [-0.2, -0.15) is 0 Å². The van der Waals surface area contributed by atoms with Gasteiger partial charge in [0.2, 0.25) is 0 Å². The van der Waals surface area contributed by atoms with Gasteiger partial charge in [0, 0.05) is 18.8 Å². The fraction of sp³-hybridized carbons (Fsp3) is 0.467. The van der Waals surface area contributed by atoms with Crippen molar-refractivity contribution >= 4 is 17.7 Å². The Labute approximate surface area is 124 Å². The first-order valence-corrected chi connectivity index (χ1v) is 6.83. The Morgan fingerprint density at radius 3 is 2.43 bits per heavy atom. The van der Waals surface area contributed by atoms with Gasteiger partial charge in [-0.1, -0.05) is 19.9 Å². The Hall–Kier alpha value is -2.24. The summed E-state index contributed by atoms with van der Waals surface area (Å²) in [6.07, 6.45) is 0.632. The van der Waals surface area contributed by atoms with Crippen molar-refractivity contribution in [3.8, 4) is 5.75 Å². The molecule has 0 heterocycles. The topological polar surface area (TPSA) is 78.9 Å². The molecule has 1 aromatic carbocycles. The summed E-state index contributed by atoms with van der Waals surface area (Å²) in [6.45, 7) is 3.48. The molecule has 6 nitrogen and oxygen atoms in total. The predicted octanol–water partition coefficient (Wildman–Crippen LogP) is 2.48. The number of carbonyl (C=O) groups is 2. The molecule has 1 aromatic rings. The summed E-state index contributed by atoms with van der Waals surface area (Å²) in [4.78, 5) is 25.1. The Balaban J connectivity index is 2.94. The Morgan fingerprint density at radius 1 is 1.33 bits per heavy atom. The Kier molecular flexibility index (Phi) is 5.58.